The van der Waals surface area contributed by atoms with Crippen molar-refractivity contribution in [3.63, 3.8) is 0 Å². The monoisotopic (exact) mass is 190 g/mol. The van der Waals surface area contributed by atoms with E-state index in [0.29, 0.717) is 0 Å². The highest BCUT2D eigenvalue weighted by Gasteiger charge is 2.14. The quantitative estimate of drug-likeness (QED) is 0.680. The fraction of sp³-hybridized carbons (Fsp3) is 0.143. The number of hydrogen-bond donors (Lipinski definition) is 1. The van der Waals surface area contributed by atoms with Gasteiger partial charge in [0.25, 0.3) is 10.1 Å². The molecule has 0 bridgehead atoms. The molecule has 1 rings (SSSR count). The highest BCUT2D eigenvalue weighted by molar-refractivity contribution is 7.85. The average molecular weight is 190 g/mol. The second kappa shape index (κ2) is 2.84. The van der Waals surface area contributed by atoms with Crippen molar-refractivity contribution in [1.29, 1.82) is 0 Å². The van der Waals surface area contributed by atoms with Crippen LogP contribution in [0.15, 0.2) is 23.1 Å². The lowest BCUT2D eigenvalue weighted by atomic mass is 10.2. The molecule has 5 heteroatoms. The summed E-state index contributed by atoms with van der Waals surface area (Å²) in [6.07, 6.45) is 0. The molecule has 1 aromatic carbocycles. The van der Waals surface area contributed by atoms with Crippen LogP contribution in [0.1, 0.15) is 5.56 Å². The van der Waals surface area contributed by atoms with E-state index >= 15 is 0 Å². The Morgan fingerprint density at radius 1 is 1.42 bits per heavy atom. The van der Waals surface area contributed by atoms with Crippen LogP contribution < -0.4 is 0 Å². The van der Waals surface area contributed by atoms with Crippen LogP contribution >= 0.6 is 0 Å². The molecular formula is C7H7FO3S. The summed E-state index contributed by atoms with van der Waals surface area (Å²) in [4.78, 5) is -0.387. The molecule has 0 aromatic heterocycles. The van der Waals surface area contributed by atoms with Gasteiger partial charge in [-0.15, -0.1) is 0 Å². The zero-order valence-corrected chi connectivity index (χ0v) is 7.10. The van der Waals surface area contributed by atoms with Crippen LogP contribution in [0.5, 0.6) is 0 Å². The largest absolute Gasteiger partial charge is 0.294 e. The van der Waals surface area contributed by atoms with E-state index in [9.17, 15) is 12.8 Å². The zero-order chi connectivity index (χ0) is 9.35. The summed E-state index contributed by atoms with van der Waals surface area (Å²) in [5.74, 6) is -0.648. The van der Waals surface area contributed by atoms with Gasteiger partial charge in [-0.3, -0.25) is 4.55 Å². The summed E-state index contributed by atoms with van der Waals surface area (Å²) in [6.45, 7) is 1.29. The molecule has 3 nitrogen and oxygen atoms in total. The summed E-state index contributed by atoms with van der Waals surface area (Å²) < 4.78 is 42.5. The van der Waals surface area contributed by atoms with Crippen molar-refractivity contribution >= 4 is 10.1 Å². The molecule has 0 fully saturated rings. The molecule has 0 unspecified atom stereocenters. The molecule has 0 heterocycles. The van der Waals surface area contributed by atoms with E-state index in [1.165, 1.54) is 13.0 Å². The Bertz CT molecular complexity index is 397. The average Bonchev–Trinajstić information content (AvgIpc) is 1.92. The number of halogens is 1. The third kappa shape index (κ3) is 1.62. The maximum atomic E-state index is 12.7. The Labute approximate surface area is 69.6 Å². The minimum absolute atomic E-state index is 0.0694. The molecule has 0 saturated carbocycles. The van der Waals surface area contributed by atoms with Crippen LogP contribution in [0.3, 0.4) is 0 Å². The summed E-state index contributed by atoms with van der Waals surface area (Å²) in [6, 6.07) is 3.50. The molecule has 0 aliphatic heterocycles. The minimum Gasteiger partial charge on any atom is -0.282 e. The van der Waals surface area contributed by atoms with Crippen LogP contribution in [0.4, 0.5) is 4.39 Å². The Hall–Kier alpha value is -0.940. The first-order valence-electron chi connectivity index (χ1n) is 3.15. The van der Waals surface area contributed by atoms with Crippen LogP contribution in [0, 0.1) is 12.7 Å². The molecule has 1 aromatic rings. The van der Waals surface area contributed by atoms with Gasteiger partial charge in [0.05, 0.1) is 4.90 Å². The van der Waals surface area contributed by atoms with E-state index in [-0.39, 0.29) is 10.5 Å². The molecular weight excluding hydrogens is 183 g/mol. The third-order valence-corrected chi connectivity index (χ3v) is 2.49. The van der Waals surface area contributed by atoms with Gasteiger partial charge in [-0.1, -0.05) is 6.07 Å². The van der Waals surface area contributed by atoms with Crippen LogP contribution in [0.2, 0.25) is 0 Å². The molecule has 66 valence electrons. The lowest BCUT2D eigenvalue weighted by molar-refractivity contribution is 0.481. The van der Waals surface area contributed by atoms with Crippen molar-refractivity contribution < 1.29 is 17.4 Å². The van der Waals surface area contributed by atoms with Gasteiger partial charge in [0.1, 0.15) is 5.82 Å². The van der Waals surface area contributed by atoms with E-state index in [1.54, 1.807) is 0 Å². The molecule has 0 aliphatic rings. The second-order valence-electron chi connectivity index (χ2n) is 2.34. The van der Waals surface area contributed by atoms with Gasteiger partial charge >= 0.3 is 0 Å². The predicted octanol–water partition coefficient (Wildman–Crippen LogP) is 1.38. The lowest BCUT2D eigenvalue weighted by Gasteiger charge is -2.01. The van der Waals surface area contributed by atoms with E-state index in [1.807, 2.05) is 0 Å². The fourth-order valence-corrected chi connectivity index (χ4v) is 1.60. The summed E-state index contributed by atoms with van der Waals surface area (Å²) in [7, 11) is -4.30. The van der Waals surface area contributed by atoms with E-state index in [4.69, 9.17) is 4.55 Å². The molecule has 1 N–H and O–H groups in total. The minimum atomic E-state index is -4.30. The van der Waals surface area contributed by atoms with Gasteiger partial charge in [0.15, 0.2) is 0 Å². The molecule has 0 saturated heterocycles. The predicted molar refractivity (Wildman–Crippen MR) is 41.0 cm³/mol. The van der Waals surface area contributed by atoms with Crippen LogP contribution in [0.25, 0.3) is 0 Å². The van der Waals surface area contributed by atoms with Gasteiger partial charge in [0, 0.05) is 5.56 Å². The van der Waals surface area contributed by atoms with Crippen molar-refractivity contribution in [2.75, 3.05) is 0 Å². The topological polar surface area (TPSA) is 54.4 Å². The van der Waals surface area contributed by atoms with E-state index in [0.717, 1.165) is 12.1 Å². The number of hydrogen-bond acceptors (Lipinski definition) is 2. The van der Waals surface area contributed by atoms with E-state index < -0.39 is 15.9 Å². The molecule has 0 amide bonds. The van der Waals surface area contributed by atoms with Gasteiger partial charge in [-0.25, -0.2) is 4.39 Å². The van der Waals surface area contributed by atoms with Crippen LogP contribution in [-0.2, 0) is 10.1 Å². The zero-order valence-electron chi connectivity index (χ0n) is 6.28. The Kier molecular flexibility index (Phi) is 2.16. The van der Waals surface area contributed by atoms with Crippen molar-refractivity contribution in [3.8, 4) is 0 Å². The molecule has 0 radical (unpaired) electrons. The molecule has 0 atom stereocenters. The fourth-order valence-electron chi connectivity index (χ4n) is 0.867. The van der Waals surface area contributed by atoms with Crippen molar-refractivity contribution in [2.45, 2.75) is 11.8 Å². The smallest absolute Gasteiger partial charge is 0.282 e. The Morgan fingerprint density at radius 3 is 2.42 bits per heavy atom. The maximum Gasteiger partial charge on any atom is 0.294 e. The first kappa shape index (κ1) is 9.15. The van der Waals surface area contributed by atoms with E-state index in [2.05, 4.69) is 0 Å². The summed E-state index contributed by atoms with van der Waals surface area (Å²) >= 11 is 0. The third-order valence-electron chi connectivity index (χ3n) is 1.50. The lowest BCUT2D eigenvalue weighted by Crippen LogP contribution is -2.01. The molecule has 0 spiro atoms. The first-order chi connectivity index (χ1) is 5.43. The van der Waals surface area contributed by atoms with Crippen LogP contribution in [-0.4, -0.2) is 13.0 Å². The maximum absolute atomic E-state index is 12.7. The van der Waals surface area contributed by atoms with Crippen molar-refractivity contribution in [3.05, 3.63) is 29.6 Å². The van der Waals surface area contributed by atoms with Crippen molar-refractivity contribution in [2.24, 2.45) is 0 Å². The first-order valence-corrected chi connectivity index (χ1v) is 4.59. The van der Waals surface area contributed by atoms with Crippen molar-refractivity contribution in [1.82, 2.24) is 0 Å². The molecule has 12 heavy (non-hydrogen) atoms. The molecule has 0 aliphatic carbocycles. The van der Waals surface area contributed by atoms with Gasteiger partial charge in [-0.2, -0.15) is 8.42 Å². The Balaban J connectivity index is 3.47. The normalized spacial score (nSPS) is 11.6. The van der Waals surface area contributed by atoms with Gasteiger partial charge in [0.2, 0.25) is 0 Å². The number of rotatable bonds is 1. The Morgan fingerprint density at radius 2 is 2.00 bits per heavy atom. The highest BCUT2D eigenvalue weighted by atomic mass is 32.2. The van der Waals surface area contributed by atoms with Gasteiger partial charge in [-0.05, 0) is 19.1 Å². The SMILES string of the molecule is Cc1c(F)cccc1S(=O)(=O)O. The summed E-state index contributed by atoms with van der Waals surface area (Å²) in [5.41, 5.74) is -0.0694. The summed E-state index contributed by atoms with van der Waals surface area (Å²) in [5, 5.41) is 0. The number of benzene rings is 1. The van der Waals surface area contributed by atoms with Gasteiger partial charge < -0.3 is 0 Å². The standard InChI is InChI=1S/C7H7FO3S/c1-5-6(8)3-2-4-7(5)12(9,10)11/h2-4H,1H3,(H,9,10,11). The second-order valence-corrected chi connectivity index (χ2v) is 3.73. The highest BCUT2D eigenvalue weighted by Crippen LogP contribution is 2.16.